The molecule has 0 aromatic heterocycles. The van der Waals surface area contributed by atoms with Gasteiger partial charge in [0.25, 0.3) is 0 Å². The van der Waals surface area contributed by atoms with Gasteiger partial charge in [-0.25, -0.2) is 4.39 Å². The van der Waals surface area contributed by atoms with Crippen molar-refractivity contribution >= 4 is 0 Å². The first kappa shape index (κ1) is 11.9. The molecule has 3 heteroatoms. The number of likely N-dealkylation sites (tertiary alicyclic amines) is 2. The Hall–Kier alpha value is -0.150. The molecular weight excluding hydrogens is 215 g/mol. The lowest BCUT2D eigenvalue weighted by Crippen LogP contribution is -2.73. The Kier molecular flexibility index (Phi) is 2.27. The molecule has 0 bridgehead atoms. The monoisotopic (exact) mass is 240 g/mol. The molecule has 3 rings (SSSR count). The topological polar surface area (TPSA) is 6.48 Å². The molecule has 0 radical (unpaired) electrons. The van der Waals surface area contributed by atoms with E-state index in [1.807, 2.05) is 0 Å². The minimum atomic E-state index is -0.903. The fourth-order valence-electron chi connectivity index (χ4n) is 3.75. The largest absolute Gasteiger partial charge is 0.297 e. The van der Waals surface area contributed by atoms with Crippen molar-refractivity contribution in [2.45, 2.75) is 57.8 Å². The van der Waals surface area contributed by atoms with Crippen LogP contribution in [0.2, 0.25) is 0 Å². The fourth-order valence-corrected chi connectivity index (χ4v) is 3.75. The van der Waals surface area contributed by atoms with E-state index in [4.69, 9.17) is 0 Å². The third kappa shape index (κ3) is 1.91. The number of halogens is 1. The molecule has 0 amide bonds. The van der Waals surface area contributed by atoms with Gasteiger partial charge in [0.1, 0.15) is 5.67 Å². The summed E-state index contributed by atoms with van der Waals surface area (Å²) in [5, 5.41) is 0. The molecule has 0 aromatic rings. The number of hydrogen-bond acceptors (Lipinski definition) is 2. The summed E-state index contributed by atoms with van der Waals surface area (Å²) in [7, 11) is 0. The number of alkyl halides is 1. The maximum absolute atomic E-state index is 13.4. The number of hydrogen-bond donors (Lipinski definition) is 0. The highest BCUT2D eigenvalue weighted by Gasteiger charge is 2.57. The Bertz CT molecular complexity index is 310. The second-order valence-electron chi connectivity index (χ2n) is 7.91. The highest BCUT2D eigenvalue weighted by Crippen LogP contribution is 2.53. The summed E-state index contributed by atoms with van der Waals surface area (Å²) in [6.07, 6.45) is 2.60. The van der Waals surface area contributed by atoms with E-state index in [0.29, 0.717) is 30.1 Å². The van der Waals surface area contributed by atoms with Crippen LogP contribution in [0.25, 0.3) is 0 Å². The molecule has 0 unspecified atom stereocenters. The Morgan fingerprint density at radius 2 is 1.59 bits per heavy atom. The zero-order valence-corrected chi connectivity index (χ0v) is 11.6. The smallest absolute Gasteiger partial charge is 0.133 e. The van der Waals surface area contributed by atoms with E-state index in [0.717, 1.165) is 0 Å². The van der Waals surface area contributed by atoms with E-state index < -0.39 is 5.67 Å². The minimum absolute atomic E-state index is 0.324. The standard InChI is InChI=1S/C14H25FN2/c1-12(2,3)17-9-14(10-17)5-11(6-14)16-7-13(4,15)8-16/h11H,5-10H2,1-4H3. The zero-order valence-electron chi connectivity index (χ0n) is 11.6. The maximum atomic E-state index is 13.4. The molecule has 0 aromatic carbocycles. The van der Waals surface area contributed by atoms with Crippen LogP contribution < -0.4 is 0 Å². The summed E-state index contributed by atoms with van der Waals surface area (Å²) in [6, 6.07) is 0.681. The van der Waals surface area contributed by atoms with Crippen molar-refractivity contribution in [2.75, 3.05) is 26.2 Å². The van der Waals surface area contributed by atoms with Gasteiger partial charge in [0.05, 0.1) is 0 Å². The van der Waals surface area contributed by atoms with Crippen LogP contribution in [0.5, 0.6) is 0 Å². The second kappa shape index (κ2) is 3.24. The van der Waals surface area contributed by atoms with Gasteiger partial charge in [-0.3, -0.25) is 9.80 Å². The first-order valence-electron chi connectivity index (χ1n) is 6.87. The Labute approximate surface area is 104 Å². The molecular formula is C14H25FN2. The molecule has 1 spiro atoms. The number of nitrogens with zero attached hydrogens (tertiary/aromatic N) is 2. The Morgan fingerprint density at radius 3 is 2.00 bits per heavy atom. The van der Waals surface area contributed by atoms with Gasteiger partial charge in [0, 0.05) is 37.8 Å². The lowest BCUT2D eigenvalue weighted by atomic mass is 9.58. The SMILES string of the molecule is CC1(F)CN(C2CC3(C2)CN(C(C)(C)C)C3)C1. The molecule has 0 atom stereocenters. The molecule has 3 fully saturated rings. The average Bonchev–Trinajstić information content (AvgIpc) is 1.91. The van der Waals surface area contributed by atoms with Crippen LogP contribution in [0.1, 0.15) is 40.5 Å². The van der Waals surface area contributed by atoms with Gasteiger partial charge in [-0.2, -0.15) is 0 Å². The van der Waals surface area contributed by atoms with Crippen LogP contribution in [-0.4, -0.2) is 53.2 Å². The highest BCUT2D eigenvalue weighted by molar-refractivity contribution is 5.12. The highest BCUT2D eigenvalue weighted by atomic mass is 19.1. The molecule has 98 valence electrons. The fraction of sp³-hybridized carbons (Fsp3) is 1.00. The summed E-state index contributed by atoms with van der Waals surface area (Å²) >= 11 is 0. The zero-order chi connectivity index (χ0) is 12.5. The molecule has 2 saturated heterocycles. The van der Waals surface area contributed by atoms with E-state index in [1.165, 1.54) is 25.9 Å². The van der Waals surface area contributed by atoms with Crippen LogP contribution >= 0.6 is 0 Å². The minimum Gasteiger partial charge on any atom is -0.297 e. The van der Waals surface area contributed by atoms with Crippen molar-refractivity contribution in [3.8, 4) is 0 Å². The van der Waals surface area contributed by atoms with Gasteiger partial charge in [-0.05, 0) is 46.0 Å². The van der Waals surface area contributed by atoms with Crippen molar-refractivity contribution in [1.82, 2.24) is 9.80 Å². The van der Waals surface area contributed by atoms with Gasteiger partial charge in [-0.1, -0.05) is 0 Å². The third-order valence-corrected chi connectivity index (χ3v) is 4.92. The summed E-state index contributed by atoms with van der Waals surface area (Å²) in [6.45, 7) is 12.4. The first-order chi connectivity index (χ1) is 7.69. The number of rotatable bonds is 1. The molecule has 2 heterocycles. The maximum Gasteiger partial charge on any atom is 0.133 e. The van der Waals surface area contributed by atoms with Crippen LogP contribution in [0.15, 0.2) is 0 Å². The van der Waals surface area contributed by atoms with Gasteiger partial charge in [0.15, 0.2) is 0 Å². The van der Waals surface area contributed by atoms with Crippen LogP contribution in [0.4, 0.5) is 4.39 Å². The van der Waals surface area contributed by atoms with Gasteiger partial charge < -0.3 is 0 Å². The van der Waals surface area contributed by atoms with Crippen LogP contribution in [0.3, 0.4) is 0 Å². The average molecular weight is 240 g/mol. The van der Waals surface area contributed by atoms with E-state index in [1.54, 1.807) is 6.92 Å². The van der Waals surface area contributed by atoms with E-state index in [-0.39, 0.29) is 0 Å². The summed E-state index contributed by atoms with van der Waals surface area (Å²) in [4.78, 5) is 4.91. The molecule has 17 heavy (non-hydrogen) atoms. The van der Waals surface area contributed by atoms with Crippen molar-refractivity contribution in [3.63, 3.8) is 0 Å². The van der Waals surface area contributed by atoms with Crippen molar-refractivity contribution in [1.29, 1.82) is 0 Å². The van der Waals surface area contributed by atoms with Crippen LogP contribution in [-0.2, 0) is 0 Å². The summed E-state index contributed by atoms with van der Waals surface area (Å²) in [5.41, 5.74) is 0.0185. The van der Waals surface area contributed by atoms with Gasteiger partial charge in [-0.15, -0.1) is 0 Å². The van der Waals surface area contributed by atoms with Gasteiger partial charge >= 0.3 is 0 Å². The van der Waals surface area contributed by atoms with Crippen LogP contribution in [0, 0.1) is 5.41 Å². The Balaban J connectivity index is 1.45. The van der Waals surface area contributed by atoms with E-state index in [2.05, 4.69) is 30.6 Å². The van der Waals surface area contributed by atoms with Crippen molar-refractivity contribution in [2.24, 2.45) is 5.41 Å². The molecule has 2 aliphatic heterocycles. The van der Waals surface area contributed by atoms with Crippen molar-refractivity contribution in [3.05, 3.63) is 0 Å². The lowest BCUT2D eigenvalue weighted by Gasteiger charge is -2.65. The third-order valence-electron chi connectivity index (χ3n) is 4.92. The first-order valence-corrected chi connectivity index (χ1v) is 6.87. The molecule has 0 N–H and O–H groups in total. The molecule has 2 nitrogen and oxygen atoms in total. The predicted molar refractivity (Wildman–Crippen MR) is 67.9 cm³/mol. The normalized spacial score (nSPS) is 33.0. The van der Waals surface area contributed by atoms with Crippen molar-refractivity contribution < 1.29 is 4.39 Å². The quantitative estimate of drug-likeness (QED) is 0.694. The van der Waals surface area contributed by atoms with E-state index >= 15 is 0 Å². The summed E-state index contributed by atoms with van der Waals surface area (Å²) < 4.78 is 13.4. The molecule has 3 aliphatic rings. The van der Waals surface area contributed by atoms with E-state index in [9.17, 15) is 4.39 Å². The van der Waals surface area contributed by atoms with Gasteiger partial charge in [0.2, 0.25) is 0 Å². The molecule has 1 saturated carbocycles. The molecule has 1 aliphatic carbocycles. The lowest BCUT2D eigenvalue weighted by molar-refractivity contribution is -0.167. The predicted octanol–water partition coefficient (Wildman–Crippen LogP) is 2.29. The summed E-state index contributed by atoms with van der Waals surface area (Å²) in [5.74, 6) is 0. The second-order valence-corrected chi connectivity index (χ2v) is 7.91. The Morgan fingerprint density at radius 1 is 1.06 bits per heavy atom.